The summed E-state index contributed by atoms with van der Waals surface area (Å²) in [6, 6.07) is 0.862. The molecule has 0 aromatic rings. The van der Waals surface area contributed by atoms with Crippen LogP contribution < -0.4 is 5.32 Å². The summed E-state index contributed by atoms with van der Waals surface area (Å²) in [7, 11) is 0. The molecule has 1 N–H and O–H groups in total. The first kappa shape index (κ1) is 10.2. The number of likely N-dealkylation sites (N-methyl/N-ethyl adjacent to an activating group) is 1. The Bertz CT molecular complexity index is 206. The van der Waals surface area contributed by atoms with Crippen LogP contribution in [0.15, 0.2) is 11.6 Å². The van der Waals surface area contributed by atoms with Gasteiger partial charge in [0.05, 0.1) is 0 Å². The normalized spacial score (nSPS) is 23.6. The van der Waals surface area contributed by atoms with Crippen molar-refractivity contribution in [1.29, 1.82) is 0 Å². The molecule has 0 aromatic carbocycles. The number of hydrogen-bond acceptors (Lipinski definition) is 2. The van der Waals surface area contributed by atoms with E-state index < -0.39 is 0 Å². The molecule has 2 aliphatic rings. The van der Waals surface area contributed by atoms with E-state index in [1.165, 1.54) is 51.9 Å². The van der Waals surface area contributed by atoms with E-state index in [2.05, 4.69) is 23.2 Å². The van der Waals surface area contributed by atoms with Crippen LogP contribution in [0.1, 0.15) is 32.6 Å². The Morgan fingerprint density at radius 1 is 1.50 bits per heavy atom. The molecule has 14 heavy (non-hydrogen) atoms. The average Bonchev–Trinajstić information content (AvgIpc) is 3.02. The molecule has 1 aliphatic heterocycles. The minimum atomic E-state index is 0.862. The molecule has 0 bridgehead atoms. The van der Waals surface area contributed by atoms with Gasteiger partial charge < -0.3 is 5.32 Å². The van der Waals surface area contributed by atoms with Gasteiger partial charge in [-0.05, 0) is 38.8 Å². The van der Waals surface area contributed by atoms with Crippen molar-refractivity contribution in [1.82, 2.24) is 10.2 Å². The van der Waals surface area contributed by atoms with E-state index in [4.69, 9.17) is 0 Å². The zero-order valence-electron chi connectivity index (χ0n) is 9.26. The predicted octanol–water partition coefficient (Wildman–Crippen LogP) is 1.78. The minimum Gasteiger partial charge on any atom is -0.314 e. The van der Waals surface area contributed by atoms with Gasteiger partial charge in [-0.1, -0.05) is 18.6 Å². The summed E-state index contributed by atoms with van der Waals surface area (Å²) >= 11 is 0. The van der Waals surface area contributed by atoms with Gasteiger partial charge in [-0.15, -0.1) is 0 Å². The van der Waals surface area contributed by atoms with Crippen molar-refractivity contribution in [3.05, 3.63) is 11.6 Å². The molecule has 0 amide bonds. The highest BCUT2D eigenvalue weighted by atomic mass is 15.1. The monoisotopic (exact) mass is 194 g/mol. The zero-order valence-corrected chi connectivity index (χ0v) is 9.26. The van der Waals surface area contributed by atoms with Crippen LogP contribution in [0.5, 0.6) is 0 Å². The standard InChI is InChI=1S/C12H22N2/c1-2-14-9-3-4-11(10-14)7-8-13-12-5-6-12/h4,12-13H,2-3,5-10H2,1H3. The molecule has 0 spiro atoms. The van der Waals surface area contributed by atoms with Crippen LogP contribution in [-0.4, -0.2) is 37.1 Å². The first-order valence-corrected chi connectivity index (χ1v) is 6.02. The Hall–Kier alpha value is -0.340. The second kappa shape index (κ2) is 4.94. The number of nitrogens with zero attached hydrogens (tertiary/aromatic N) is 1. The van der Waals surface area contributed by atoms with Crippen molar-refractivity contribution in [3.63, 3.8) is 0 Å². The highest BCUT2D eigenvalue weighted by Crippen LogP contribution is 2.19. The van der Waals surface area contributed by atoms with Crippen LogP contribution in [0.2, 0.25) is 0 Å². The van der Waals surface area contributed by atoms with Crippen molar-refractivity contribution in [2.45, 2.75) is 38.6 Å². The number of nitrogens with one attached hydrogen (secondary N) is 1. The van der Waals surface area contributed by atoms with Gasteiger partial charge in [-0.3, -0.25) is 4.90 Å². The number of rotatable bonds is 5. The maximum Gasteiger partial charge on any atom is 0.0193 e. The first-order chi connectivity index (χ1) is 6.88. The molecule has 1 heterocycles. The SMILES string of the molecule is CCN1CCC=C(CCNC2CC2)C1. The van der Waals surface area contributed by atoms with E-state index in [-0.39, 0.29) is 0 Å². The average molecular weight is 194 g/mol. The van der Waals surface area contributed by atoms with Crippen LogP contribution in [0.4, 0.5) is 0 Å². The van der Waals surface area contributed by atoms with Crippen molar-refractivity contribution in [2.24, 2.45) is 0 Å². The van der Waals surface area contributed by atoms with E-state index in [1.54, 1.807) is 5.57 Å². The van der Waals surface area contributed by atoms with Crippen molar-refractivity contribution < 1.29 is 0 Å². The van der Waals surface area contributed by atoms with Crippen molar-refractivity contribution >= 4 is 0 Å². The maximum absolute atomic E-state index is 3.58. The fourth-order valence-electron chi connectivity index (χ4n) is 2.06. The molecule has 2 heteroatoms. The second-order valence-corrected chi connectivity index (χ2v) is 4.50. The lowest BCUT2D eigenvalue weighted by Gasteiger charge is -2.25. The fraction of sp³-hybridized carbons (Fsp3) is 0.833. The molecular formula is C12H22N2. The summed E-state index contributed by atoms with van der Waals surface area (Å²) in [5, 5.41) is 3.58. The van der Waals surface area contributed by atoms with Gasteiger partial charge in [0.25, 0.3) is 0 Å². The molecule has 1 fully saturated rings. The summed E-state index contributed by atoms with van der Waals surface area (Å²) < 4.78 is 0. The Morgan fingerprint density at radius 3 is 3.07 bits per heavy atom. The molecule has 2 nitrogen and oxygen atoms in total. The topological polar surface area (TPSA) is 15.3 Å². The molecule has 2 rings (SSSR count). The second-order valence-electron chi connectivity index (χ2n) is 4.50. The summed E-state index contributed by atoms with van der Waals surface area (Å²) in [5.41, 5.74) is 1.64. The van der Waals surface area contributed by atoms with Crippen LogP contribution in [-0.2, 0) is 0 Å². The van der Waals surface area contributed by atoms with E-state index in [9.17, 15) is 0 Å². The van der Waals surface area contributed by atoms with Gasteiger partial charge >= 0.3 is 0 Å². The summed E-state index contributed by atoms with van der Waals surface area (Å²) in [4.78, 5) is 2.53. The lowest BCUT2D eigenvalue weighted by atomic mass is 10.1. The van der Waals surface area contributed by atoms with Crippen LogP contribution >= 0.6 is 0 Å². The lowest BCUT2D eigenvalue weighted by Crippen LogP contribution is -2.30. The molecule has 0 atom stereocenters. The van der Waals surface area contributed by atoms with Crippen molar-refractivity contribution in [2.75, 3.05) is 26.2 Å². The van der Waals surface area contributed by atoms with Gasteiger partial charge in [0.15, 0.2) is 0 Å². The molecule has 0 unspecified atom stereocenters. The van der Waals surface area contributed by atoms with E-state index in [1.807, 2.05) is 0 Å². The quantitative estimate of drug-likeness (QED) is 0.671. The summed E-state index contributed by atoms with van der Waals surface area (Å²) in [5.74, 6) is 0. The summed E-state index contributed by atoms with van der Waals surface area (Å²) in [6.45, 7) is 7.12. The molecule has 1 aliphatic carbocycles. The Balaban J connectivity index is 1.65. The van der Waals surface area contributed by atoms with Gasteiger partial charge in [0.1, 0.15) is 0 Å². The van der Waals surface area contributed by atoms with E-state index in [0.717, 1.165) is 6.04 Å². The van der Waals surface area contributed by atoms with Crippen molar-refractivity contribution in [3.8, 4) is 0 Å². The third kappa shape index (κ3) is 3.10. The molecule has 0 saturated heterocycles. The third-order valence-electron chi connectivity index (χ3n) is 3.21. The van der Waals surface area contributed by atoms with Gasteiger partial charge in [-0.2, -0.15) is 0 Å². The molecule has 0 aromatic heterocycles. The Morgan fingerprint density at radius 2 is 2.36 bits per heavy atom. The minimum absolute atomic E-state index is 0.862. The molecular weight excluding hydrogens is 172 g/mol. The van der Waals surface area contributed by atoms with E-state index >= 15 is 0 Å². The Kier molecular flexibility index (Phi) is 3.60. The molecule has 80 valence electrons. The zero-order chi connectivity index (χ0) is 9.80. The Labute approximate surface area is 87.4 Å². The first-order valence-electron chi connectivity index (χ1n) is 6.02. The van der Waals surface area contributed by atoms with Gasteiger partial charge in [0, 0.05) is 19.1 Å². The highest BCUT2D eigenvalue weighted by Gasteiger charge is 2.20. The van der Waals surface area contributed by atoms with Crippen LogP contribution in [0, 0.1) is 0 Å². The van der Waals surface area contributed by atoms with Gasteiger partial charge in [-0.25, -0.2) is 0 Å². The van der Waals surface area contributed by atoms with Crippen LogP contribution in [0.3, 0.4) is 0 Å². The fourth-order valence-corrected chi connectivity index (χ4v) is 2.06. The van der Waals surface area contributed by atoms with Gasteiger partial charge in [0.2, 0.25) is 0 Å². The molecule has 1 saturated carbocycles. The maximum atomic E-state index is 3.58. The molecule has 0 radical (unpaired) electrons. The third-order valence-corrected chi connectivity index (χ3v) is 3.21. The predicted molar refractivity (Wildman–Crippen MR) is 60.5 cm³/mol. The smallest absolute Gasteiger partial charge is 0.0193 e. The highest BCUT2D eigenvalue weighted by molar-refractivity contribution is 5.08. The summed E-state index contributed by atoms with van der Waals surface area (Å²) in [6.07, 6.45) is 7.76. The van der Waals surface area contributed by atoms with E-state index in [0.29, 0.717) is 0 Å². The largest absolute Gasteiger partial charge is 0.314 e. The lowest BCUT2D eigenvalue weighted by molar-refractivity contribution is 0.302. The number of hydrogen-bond donors (Lipinski definition) is 1. The van der Waals surface area contributed by atoms with Crippen LogP contribution in [0.25, 0.3) is 0 Å².